The summed E-state index contributed by atoms with van der Waals surface area (Å²) in [7, 11) is 1.53. The lowest BCUT2D eigenvalue weighted by molar-refractivity contribution is -0.134. The van der Waals surface area contributed by atoms with Crippen LogP contribution in [-0.4, -0.2) is 54.2 Å². The van der Waals surface area contributed by atoms with Gasteiger partial charge >= 0.3 is 6.03 Å². The van der Waals surface area contributed by atoms with Crippen LogP contribution in [0.2, 0.25) is 0 Å². The van der Waals surface area contributed by atoms with Crippen molar-refractivity contribution >= 4 is 23.5 Å². The largest absolute Gasteiger partial charge is 0.497 e. The molecule has 0 radical (unpaired) electrons. The number of hydrogen-bond donors (Lipinski definition) is 3. The number of urea groups is 1. The fourth-order valence-electron chi connectivity index (χ4n) is 4.74. The highest BCUT2D eigenvalue weighted by Gasteiger charge is 2.45. The Bertz CT molecular complexity index is 1390. The summed E-state index contributed by atoms with van der Waals surface area (Å²) in [5.74, 6) is -0.403. The van der Waals surface area contributed by atoms with Crippen molar-refractivity contribution in [1.82, 2.24) is 10.2 Å². The minimum Gasteiger partial charge on any atom is -0.497 e. The summed E-state index contributed by atoms with van der Waals surface area (Å²) in [6.45, 7) is -0.0155. The molecule has 1 heterocycles. The Hall–Kier alpha value is -4.44. The van der Waals surface area contributed by atoms with Crippen molar-refractivity contribution in [1.29, 1.82) is 0 Å². The van der Waals surface area contributed by atoms with Crippen LogP contribution in [0.3, 0.4) is 0 Å². The molecule has 3 aromatic rings. The number of aliphatic hydroxyl groups excluding tert-OH is 1. The zero-order valence-electron chi connectivity index (χ0n) is 21.9. The lowest BCUT2D eigenvalue weighted by Crippen LogP contribution is -2.49. The van der Waals surface area contributed by atoms with Gasteiger partial charge in [0.25, 0.3) is 5.91 Å². The molecule has 0 aromatic heterocycles. The van der Waals surface area contributed by atoms with E-state index in [1.807, 2.05) is 0 Å². The second-order valence-electron chi connectivity index (χ2n) is 9.80. The fourth-order valence-corrected chi connectivity index (χ4v) is 4.74. The first-order chi connectivity index (χ1) is 19.4. The number of nitrogens with zero attached hydrogens (tertiary/aromatic N) is 1. The number of nitrogens with one attached hydrogen (secondary N) is 2. The Morgan fingerprint density at radius 1 is 1.05 bits per heavy atom. The van der Waals surface area contributed by atoms with E-state index in [0.717, 1.165) is 23.3 Å². The minimum atomic E-state index is -1.25. The second-order valence-corrected chi connectivity index (χ2v) is 9.80. The molecular formula is C30H30FN3O6. The minimum absolute atomic E-state index is 0.0113. The molecule has 2 fully saturated rings. The number of aliphatic hydroxyl groups is 1. The van der Waals surface area contributed by atoms with Gasteiger partial charge in [-0.1, -0.05) is 30.3 Å². The van der Waals surface area contributed by atoms with Gasteiger partial charge in [-0.3, -0.25) is 9.59 Å². The van der Waals surface area contributed by atoms with E-state index in [1.165, 1.54) is 19.2 Å². The van der Waals surface area contributed by atoms with E-state index in [-0.39, 0.29) is 25.3 Å². The first kappa shape index (κ1) is 27.1. The molecule has 0 spiro atoms. The Labute approximate surface area is 230 Å². The van der Waals surface area contributed by atoms with Crippen molar-refractivity contribution in [3.63, 3.8) is 0 Å². The van der Waals surface area contributed by atoms with E-state index < -0.39 is 35.7 Å². The summed E-state index contributed by atoms with van der Waals surface area (Å²) in [5, 5.41) is 14.2. The van der Waals surface area contributed by atoms with Gasteiger partial charge in [0, 0.05) is 6.42 Å². The van der Waals surface area contributed by atoms with Crippen LogP contribution >= 0.6 is 0 Å². The van der Waals surface area contributed by atoms with Gasteiger partial charge in [-0.05, 0) is 71.8 Å². The third-order valence-corrected chi connectivity index (χ3v) is 7.05. The fraction of sp³-hybridized carbons (Fsp3) is 0.300. The molecule has 2 atom stereocenters. The quantitative estimate of drug-likeness (QED) is 0.313. The molecule has 1 aliphatic heterocycles. The Kier molecular flexibility index (Phi) is 7.97. The molecule has 9 nitrogen and oxygen atoms in total. The number of halogens is 1. The Morgan fingerprint density at radius 3 is 2.35 bits per heavy atom. The van der Waals surface area contributed by atoms with Gasteiger partial charge in [0.2, 0.25) is 5.91 Å². The molecule has 10 heteroatoms. The van der Waals surface area contributed by atoms with E-state index in [4.69, 9.17) is 14.6 Å². The van der Waals surface area contributed by atoms with E-state index in [1.54, 1.807) is 54.6 Å². The molecule has 1 aliphatic carbocycles. The third-order valence-electron chi connectivity index (χ3n) is 7.05. The van der Waals surface area contributed by atoms with Crippen molar-refractivity contribution in [3.8, 4) is 11.5 Å². The van der Waals surface area contributed by atoms with Gasteiger partial charge in [-0.25, -0.2) is 14.1 Å². The van der Waals surface area contributed by atoms with Gasteiger partial charge in [-0.2, -0.15) is 0 Å². The number of hydrogen-bond acceptors (Lipinski definition) is 6. The third kappa shape index (κ3) is 5.91. The number of carbonyl (C=O) groups excluding carboxylic acids is 3. The molecule has 1 saturated carbocycles. The highest BCUT2D eigenvalue weighted by molar-refractivity contribution is 6.09. The van der Waals surface area contributed by atoms with Crippen LogP contribution in [0.25, 0.3) is 0 Å². The van der Waals surface area contributed by atoms with Crippen LogP contribution in [0, 0.1) is 5.82 Å². The van der Waals surface area contributed by atoms with Crippen molar-refractivity contribution in [2.75, 3.05) is 25.6 Å². The molecule has 40 heavy (non-hydrogen) atoms. The zero-order valence-corrected chi connectivity index (χ0v) is 21.9. The average Bonchev–Trinajstić information content (AvgIpc) is 3.77. The molecule has 5 rings (SSSR count). The van der Waals surface area contributed by atoms with Gasteiger partial charge in [-0.15, -0.1) is 0 Å². The summed E-state index contributed by atoms with van der Waals surface area (Å²) < 4.78 is 25.4. The Balaban J connectivity index is 1.39. The van der Waals surface area contributed by atoms with Crippen molar-refractivity contribution < 1.29 is 33.4 Å². The molecule has 3 aromatic carbocycles. The summed E-state index contributed by atoms with van der Waals surface area (Å²) in [5.41, 5.74) is 2.05. The van der Waals surface area contributed by atoms with E-state index >= 15 is 0 Å². The molecule has 208 valence electrons. The molecule has 2 aliphatic rings. The van der Waals surface area contributed by atoms with Crippen LogP contribution in [0.1, 0.15) is 41.5 Å². The highest BCUT2D eigenvalue weighted by Crippen LogP contribution is 2.40. The van der Waals surface area contributed by atoms with Gasteiger partial charge in [0.1, 0.15) is 36.0 Å². The second kappa shape index (κ2) is 11.7. The normalized spacial score (nSPS) is 17.4. The number of benzene rings is 3. The van der Waals surface area contributed by atoms with Crippen LogP contribution in [-0.2, 0) is 16.0 Å². The maximum atomic E-state index is 14.9. The summed E-state index contributed by atoms with van der Waals surface area (Å²) in [6.07, 6.45) is 2.04. The van der Waals surface area contributed by atoms with Crippen LogP contribution < -0.4 is 20.1 Å². The number of carbonyl (C=O) groups is 3. The SMILES string of the molecule is COc1ccc(CC(C(=O)Nc2ccc(C3CC3)cc2F)N2C(=O)NC(c3ccc(OCCO)cc3)C2=O)cc1. The van der Waals surface area contributed by atoms with Crippen molar-refractivity contribution in [3.05, 3.63) is 89.2 Å². The topological polar surface area (TPSA) is 117 Å². The lowest BCUT2D eigenvalue weighted by atomic mass is 10.0. The van der Waals surface area contributed by atoms with Crippen LogP contribution in [0.15, 0.2) is 66.7 Å². The molecular weight excluding hydrogens is 517 g/mol. The Morgan fingerprint density at radius 2 is 1.73 bits per heavy atom. The van der Waals surface area contributed by atoms with Crippen molar-refractivity contribution in [2.45, 2.75) is 37.3 Å². The maximum absolute atomic E-state index is 14.9. The maximum Gasteiger partial charge on any atom is 0.325 e. The first-order valence-electron chi connectivity index (χ1n) is 13.1. The zero-order chi connectivity index (χ0) is 28.2. The number of amides is 4. The molecule has 2 unspecified atom stereocenters. The number of rotatable bonds is 11. The monoisotopic (exact) mass is 547 g/mol. The molecule has 1 saturated heterocycles. The van der Waals surface area contributed by atoms with Crippen molar-refractivity contribution in [2.24, 2.45) is 0 Å². The van der Waals surface area contributed by atoms with E-state index in [9.17, 15) is 18.8 Å². The van der Waals surface area contributed by atoms with E-state index in [2.05, 4.69) is 10.6 Å². The predicted octanol–water partition coefficient (Wildman–Crippen LogP) is 3.93. The van der Waals surface area contributed by atoms with E-state index in [0.29, 0.717) is 28.5 Å². The number of anilines is 1. The molecule has 0 bridgehead atoms. The number of ether oxygens (including phenoxy) is 2. The van der Waals surface area contributed by atoms with Crippen LogP contribution in [0.4, 0.5) is 14.9 Å². The summed E-state index contributed by atoms with van der Waals surface area (Å²) >= 11 is 0. The smallest absolute Gasteiger partial charge is 0.325 e. The summed E-state index contributed by atoms with van der Waals surface area (Å²) in [4.78, 5) is 41.2. The van der Waals surface area contributed by atoms with Gasteiger partial charge < -0.3 is 25.2 Å². The standard InChI is InChI=1S/C30H30FN3O6/c1-39-22-9-2-18(3-10-22)16-26(28(36)32-25-13-8-21(17-24(25)31)19-4-5-19)34-29(37)27(33-30(34)38)20-6-11-23(12-7-20)40-15-14-35/h2-3,6-13,17,19,26-27,35H,4-5,14-16H2,1H3,(H,32,36)(H,33,38). The highest BCUT2D eigenvalue weighted by atomic mass is 19.1. The molecule has 4 amide bonds. The first-order valence-corrected chi connectivity index (χ1v) is 13.1. The lowest BCUT2D eigenvalue weighted by Gasteiger charge is -2.25. The average molecular weight is 548 g/mol. The number of imide groups is 1. The van der Waals surface area contributed by atoms with Gasteiger partial charge in [0.15, 0.2) is 0 Å². The predicted molar refractivity (Wildman–Crippen MR) is 145 cm³/mol. The van der Waals surface area contributed by atoms with Crippen LogP contribution in [0.5, 0.6) is 11.5 Å². The molecule has 3 N–H and O–H groups in total. The summed E-state index contributed by atoms with van der Waals surface area (Å²) in [6, 6.07) is 15.2. The van der Waals surface area contributed by atoms with Gasteiger partial charge in [0.05, 0.1) is 19.4 Å². The number of methoxy groups -OCH3 is 1.